The van der Waals surface area contributed by atoms with Gasteiger partial charge in [0, 0.05) is 70.4 Å². The number of hydrogen-bond donors (Lipinski definition) is 6. The molecule has 2 aliphatic rings. The van der Waals surface area contributed by atoms with Gasteiger partial charge >= 0.3 is 18.2 Å². The number of hydrogen-bond acceptors (Lipinski definition) is 20. The van der Waals surface area contributed by atoms with E-state index >= 15 is 0 Å². The average Bonchev–Trinajstić information content (AvgIpc) is 1.78. The summed E-state index contributed by atoms with van der Waals surface area (Å²) in [5, 5.41) is 31.3. The summed E-state index contributed by atoms with van der Waals surface area (Å²) in [5.41, 5.74) is 4.60. The van der Waals surface area contributed by atoms with E-state index in [1.807, 2.05) is 13.8 Å². The van der Waals surface area contributed by atoms with Crippen molar-refractivity contribution in [2.45, 2.75) is 137 Å². The number of nitrogens with zero attached hydrogens (tertiary/aromatic N) is 2. The molecule has 2 aliphatic heterocycles. The van der Waals surface area contributed by atoms with Crippen molar-refractivity contribution in [1.82, 2.24) is 20.4 Å². The van der Waals surface area contributed by atoms with Gasteiger partial charge in [0.15, 0.2) is 23.1 Å². The fourth-order valence-corrected chi connectivity index (χ4v) is 11.6. The zero-order chi connectivity index (χ0) is 75.4. The lowest BCUT2D eigenvalue weighted by Gasteiger charge is -2.25. The second kappa shape index (κ2) is 40.8. The lowest BCUT2D eigenvalue weighted by Crippen LogP contribution is -2.44. The highest BCUT2D eigenvalue weighted by Gasteiger charge is 2.36. The molecule has 4 aromatic rings. The van der Waals surface area contributed by atoms with Crippen LogP contribution in [0, 0.1) is 30.6 Å². The summed E-state index contributed by atoms with van der Waals surface area (Å²) >= 11 is 0. The number of ketones is 3. The molecule has 2 fully saturated rings. The molecule has 0 spiro atoms. The molecule has 558 valence electrons. The third-order valence-corrected chi connectivity index (χ3v) is 17.7. The molecule has 6 rings (SSSR count). The normalized spacial score (nSPS) is 15.3. The van der Waals surface area contributed by atoms with Crippen LogP contribution < -0.4 is 35.5 Å². The van der Waals surface area contributed by atoms with Gasteiger partial charge in [-0.1, -0.05) is 113 Å². The Morgan fingerprint density at radius 2 is 1.03 bits per heavy atom. The Balaban J connectivity index is 1.08. The zero-order valence-corrected chi connectivity index (χ0v) is 60.5. The monoisotopic (exact) mass is 1430 g/mol. The van der Waals surface area contributed by atoms with Crippen LogP contribution in [0.5, 0.6) is 17.2 Å². The molecule has 103 heavy (non-hydrogen) atoms. The number of amides is 6. The van der Waals surface area contributed by atoms with Crippen LogP contribution >= 0.6 is 0 Å². The molecule has 6 amide bonds. The van der Waals surface area contributed by atoms with E-state index in [4.69, 9.17) is 37.9 Å². The molecule has 0 saturated carbocycles. The van der Waals surface area contributed by atoms with E-state index in [1.165, 1.54) is 41.2 Å². The average molecular weight is 1430 g/mol. The summed E-state index contributed by atoms with van der Waals surface area (Å²) in [6, 6.07) is 16.6. The van der Waals surface area contributed by atoms with Gasteiger partial charge in [0.2, 0.25) is 11.8 Å². The highest BCUT2D eigenvalue weighted by atomic mass is 16.6. The van der Waals surface area contributed by atoms with Crippen molar-refractivity contribution < 1.29 is 96.1 Å². The predicted octanol–water partition coefficient (Wildman–Crippen LogP) is 8.78. The van der Waals surface area contributed by atoms with E-state index < -0.39 is 71.9 Å². The number of methoxy groups -OCH3 is 2. The van der Waals surface area contributed by atoms with Gasteiger partial charge in [-0.25, -0.2) is 9.59 Å². The molecule has 26 nitrogen and oxygen atoms in total. The topological polar surface area (TPSA) is 340 Å². The lowest BCUT2D eigenvalue weighted by molar-refractivity contribution is -0.146. The number of aliphatic hydroxyl groups excluding tert-OH is 2. The van der Waals surface area contributed by atoms with Gasteiger partial charge in [-0.15, -0.1) is 0 Å². The summed E-state index contributed by atoms with van der Waals surface area (Å²) in [5.74, 6) is -4.15. The minimum atomic E-state index is -0.929. The number of aliphatic hydroxyl groups is 2. The third kappa shape index (κ3) is 25.0. The van der Waals surface area contributed by atoms with Crippen molar-refractivity contribution >= 4 is 70.5 Å². The minimum absolute atomic E-state index is 0.00428. The molecule has 0 unspecified atom stereocenters. The van der Waals surface area contributed by atoms with Crippen LogP contribution in [0.1, 0.15) is 129 Å². The third-order valence-electron chi connectivity index (χ3n) is 17.7. The van der Waals surface area contributed by atoms with E-state index in [2.05, 4.69) is 41.0 Å². The first-order chi connectivity index (χ1) is 49.2. The van der Waals surface area contributed by atoms with Crippen molar-refractivity contribution in [3.05, 3.63) is 149 Å². The van der Waals surface area contributed by atoms with Crippen LogP contribution in [0.2, 0.25) is 0 Å². The highest BCUT2D eigenvalue weighted by molar-refractivity contribution is 6.05. The number of ether oxygens (including phenoxy) is 8. The molecule has 6 N–H and O–H groups in total. The second-order valence-corrected chi connectivity index (χ2v) is 26.5. The summed E-state index contributed by atoms with van der Waals surface area (Å²) < 4.78 is 44.8. The van der Waals surface area contributed by atoms with Crippen molar-refractivity contribution in [2.75, 3.05) is 90.8 Å². The van der Waals surface area contributed by atoms with E-state index in [1.54, 1.807) is 96.3 Å². The first kappa shape index (κ1) is 82.2. The predicted molar refractivity (Wildman–Crippen MR) is 384 cm³/mol. The lowest BCUT2D eigenvalue weighted by atomic mass is 9.88. The summed E-state index contributed by atoms with van der Waals surface area (Å²) in [6.07, 6.45) is 0.610. The fraction of sp³-hybridized carbons (Fsp3) is 0.481. The Morgan fingerprint density at radius 3 is 1.49 bits per heavy atom. The van der Waals surface area contributed by atoms with Crippen molar-refractivity contribution in [3.8, 4) is 17.2 Å². The van der Waals surface area contributed by atoms with Crippen LogP contribution in [-0.2, 0) is 78.5 Å². The first-order valence-corrected chi connectivity index (χ1v) is 34.5. The first-order valence-electron chi connectivity index (χ1n) is 34.5. The van der Waals surface area contributed by atoms with Gasteiger partial charge in [0.05, 0.1) is 112 Å². The van der Waals surface area contributed by atoms with E-state index in [0.29, 0.717) is 59.6 Å². The van der Waals surface area contributed by atoms with Crippen LogP contribution in [-0.4, -0.2) is 183 Å². The Hall–Kier alpha value is -9.76. The molecular weight excluding hydrogens is 1330 g/mol. The SMILES string of the molecule is C=CCOC(=O)C[C@H](C(=O)N[C@@H](C)C(=O)Cc1ccc(COC(=O)Nc2cc(OCCCOc3cc(NC(=O)OCc4ccc(CC(=O)[C@H](C)NC(=O)[C@@H](CC(=O)CCOCCOC)C(C)C)cc4)c(C(=O)N4CC(=C)C[C@H]4CO)cc3OC)c(C)cc2C(=O)N2CC(=C)C[C@H]2CO)cc1)C(C)C. The zero-order valence-electron chi connectivity index (χ0n) is 60.5. The Morgan fingerprint density at radius 1 is 0.573 bits per heavy atom. The maximum atomic E-state index is 14.3. The smallest absolute Gasteiger partial charge is 0.411 e. The Bertz CT molecular complexity index is 3660. The maximum Gasteiger partial charge on any atom is 0.411 e. The number of aryl methyl sites for hydroxylation is 1. The van der Waals surface area contributed by atoms with E-state index in [9.17, 15) is 58.2 Å². The second-order valence-electron chi connectivity index (χ2n) is 26.5. The number of likely N-dealkylation sites (tertiary alicyclic amines) is 2. The number of carbonyl (C=O) groups is 10. The standard InChI is InChI=1S/C77H100N6O20/c1-13-24-101-71(89)37-61(47(4)5)73(91)79-52(10)67(88)34-54-17-19-55(20-18-54)44-102-76(94)80-64-38-68(50(8)32-62(64)74(92)82-40-48(6)30-57(82)42-84)99-25-14-26-100-70-39-65(63(36-69(70)97-12)75(93)83-41-49(7)31-58(83)43-85)81-77(95)103-45-56-21-15-53(16-22-56)33-66(87)51(9)78-72(90)60(46(2)3)35-59(86)23-27-98-29-28-96-11/h13,15-22,32,36,38-39,46-47,51-52,57-58,60-61,84-85H,1,6-7,14,23-31,33-35,37,40-45H2,2-5,8-12H3,(H,78,90)(H,79,91)(H,80,94)(H,81,95)/t51-,52-,57-,58-,60-,61-/m0/s1. The number of carbonyl (C=O) groups excluding carboxylic acids is 10. The van der Waals surface area contributed by atoms with Crippen molar-refractivity contribution in [2.24, 2.45) is 23.7 Å². The molecule has 0 bridgehead atoms. The number of benzene rings is 4. The van der Waals surface area contributed by atoms with Crippen LogP contribution in [0.3, 0.4) is 0 Å². The van der Waals surface area contributed by atoms with E-state index in [0.717, 1.165) is 11.1 Å². The van der Waals surface area contributed by atoms with E-state index in [-0.39, 0.29) is 174 Å². The van der Waals surface area contributed by atoms with Crippen LogP contribution in [0.4, 0.5) is 21.0 Å². The van der Waals surface area contributed by atoms with Crippen molar-refractivity contribution in [3.63, 3.8) is 0 Å². The highest BCUT2D eigenvalue weighted by Crippen LogP contribution is 2.37. The molecule has 26 heteroatoms. The summed E-state index contributed by atoms with van der Waals surface area (Å²) in [6.45, 7) is 24.1. The number of Topliss-reactive ketones (excluding diaryl/α,β-unsaturated/α-hetero) is 3. The van der Waals surface area contributed by atoms with Gasteiger partial charge in [-0.2, -0.15) is 0 Å². The molecule has 4 aromatic carbocycles. The quantitative estimate of drug-likeness (QED) is 0.0105. The molecule has 2 saturated heterocycles. The molecule has 6 atom stereocenters. The van der Waals surface area contributed by atoms with Gasteiger partial charge < -0.3 is 68.5 Å². The number of nitrogens with one attached hydrogen (secondary N) is 4. The molecule has 2 heterocycles. The number of rotatable bonds is 41. The van der Waals surface area contributed by atoms with Crippen LogP contribution in [0.25, 0.3) is 0 Å². The maximum absolute atomic E-state index is 14.3. The Labute approximate surface area is 602 Å². The van der Waals surface area contributed by atoms with Gasteiger partial charge in [-0.3, -0.25) is 49.0 Å². The number of anilines is 2. The van der Waals surface area contributed by atoms with Gasteiger partial charge in [0.25, 0.3) is 11.8 Å². The summed E-state index contributed by atoms with van der Waals surface area (Å²) in [7, 11) is 2.94. The van der Waals surface area contributed by atoms with Gasteiger partial charge in [0.1, 0.15) is 31.4 Å². The fourth-order valence-electron chi connectivity index (χ4n) is 11.6. The molecule has 0 radical (unpaired) electrons. The van der Waals surface area contributed by atoms with Crippen molar-refractivity contribution in [1.29, 1.82) is 0 Å². The Kier molecular flexibility index (Phi) is 32.5. The minimum Gasteiger partial charge on any atom is -0.493 e. The molecule has 0 aliphatic carbocycles. The van der Waals surface area contributed by atoms with Crippen LogP contribution in [0.15, 0.2) is 110 Å². The molecular formula is C77H100N6O20. The van der Waals surface area contributed by atoms with Gasteiger partial charge in [-0.05, 0) is 85.4 Å². The number of esters is 1. The largest absolute Gasteiger partial charge is 0.493 e. The molecule has 0 aromatic heterocycles. The summed E-state index contributed by atoms with van der Waals surface area (Å²) in [4.78, 5) is 137.